The van der Waals surface area contributed by atoms with Gasteiger partial charge in [0.15, 0.2) is 0 Å². The molecule has 92 valence electrons. The lowest BCUT2D eigenvalue weighted by atomic mass is 9.92. The Balaban J connectivity index is 1.42. The topological polar surface area (TPSA) is 15.3 Å². The monoisotopic (exact) mass is 222 g/mol. The van der Waals surface area contributed by atoms with Gasteiger partial charge in [0.2, 0.25) is 0 Å². The zero-order valence-corrected chi connectivity index (χ0v) is 10.8. The van der Waals surface area contributed by atoms with Crippen molar-refractivity contribution in [3.8, 4) is 0 Å². The fraction of sp³-hybridized carbons (Fsp3) is 1.00. The van der Waals surface area contributed by atoms with Crippen molar-refractivity contribution in [3.63, 3.8) is 0 Å². The molecule has 0 radical (unpaired) electrons. The standard InChI is InChI=1S/C14H26N2/c1-11-7-12(11)9-16(2)10-13-8-14(13)3-5-15-6-4-14/h11-13,15H,3-10H2,1-2H3. The first-order valence-electron chi connectivity index (χ1n) is 7.09. The molecule has 2 nitrogen and oxygen atoms in total. The van der Waals surface area contributed by atoms with Crippen LogP contribution in [0.2, 0.25) is 0 Å². The molecule has 0 bridgehead atoms. The second-order valence-corrected chi connectivity index (χ2v) is 6.71. The first kappa shape index (κ1) is 11.0. The number of rotatable bonds is 4. The van der Waals surface area contributed by atoms with E-state index in [1.54, 1.807) is 0 Å². The van der Waals surface area contributed by atoms with Crippen LogP contribution in [0, 0.1) is 23.2 Å². The fourth-order valence-electron chi connectivity index (χ4n) is 3.73. The van der Waals surface area contributed by atoms with Gasteiger partial charge >= 0.3 is 0 Å². The summed E-state index contributed by atoms with van der Waals surface area (Å²) in [6.07, 6.45) is 5.86. The van der Waals surface area contributed by atoms with E-state index in [0.717, 1.165) is 23.2 Å². The molecule has 1 heterocycles. The van der Waals surface area contributed by atoms with Gasteiger partial charge in [0.05, 0.1) is 0 Å². The van der Waals surface area contributed by atoms with Gasteiger partial charge in [0.25, 0.3) is 0 Å². The lowest BCUT2D eigenvalue weighted by Gasteiger charge is -2.25. The van der Waals surface area contributed by atoms with Crippen LogP contribution in [0.4, 0.5) is 0 Å². The summed E-state index contributed by atoms with van der Waals surface area (Å²) in [6.45, 7) is 7.64. The van der Waals surface area contributed by atoms with E-state index >= 15 is 0 Å². The predicted octanol–water partition coefficient (Wildman–Crippen LogP) is 1.96. The summed E-state index contributed by atoms with van der Waals surface area (Å²) in [5.41, 5.74) is 0.772. The van der Waals surface area contributed by atoms with Crippen LogP contribution >= 0.6 is 0 Å². The Morgan fingerprint density at radius 3 is 2.56 bits per heavy atom. The van der Waals surface area contributed by atoms with Crippen molar-refractivity contribution in [1.29, 1.82) is 0 Å². The largest absolute Gasteiger partial charge is 0.317 e. The van der Waals surface area contributed by atoms with Crippen LogP contribution in [-0.4, -0.2) is 38.1 Å². The van der Waals surface area contributed by atoms with Gasteiger partial charge in [-0.25, -0.2) is 0 Å². The maximum Gasteiger partial charge on any atom is 0.00123 e. The molecule has 1 spiro atoms. The van der Waals surface area contributed by atoms with E-state index in [2.05, 4.69) is 24.2 Å². The molecule has 1 aliphatic heterocycles. The van der Waals surface area contributed by atoms with Gasteiger partial charge in [-0.1, -0.05) is 6.92 Å². The average Bonchev–Trinajstić information content (AvgIpc) is 3.10. The lowest BCUT2D eigenvalue weighted by molar-refractivity contribution is 0.254. The molecule has 2 aliphatic carbocycles. The minimum Gasteiger partial charge on any atom is -0.317 e. The number of piperidine rings is 1. The van der Waals surface area contributed by atoms with Crippen molar-refractivity contribution in [2.45, 2.75) is 32.6 Å². The summed E-state index contributed by atoms with van der Waals surface area (Å²) < 4.78 is 0. The number of hydrogen-bond donors (Lipinski definition) is 1. The normalized spacial score (nSPS) is 40.3. The van der Waals surface area contributed by atoms with Crippen molar-refractivity contribution < 1.29 is 0 Å². The quantitative estimate of drug-likeness (QED) is 0.782. The summed E-state index contributed by atoms with van der Waals surface area (Å²) in [7, 11) is 2.33. The molecule has 0 aromatic heterocycles. The Hall–Kier alpha value is -0.0800. The lowest BCUT2D eigenvalue weighted by Crippen LogP contribution is -2.32. The predicted molar refractivity (Wildman–Crippen MR) is 67.4 cm³/mol. The molecule has 3 aliphatic rings. The van der Waals surface area contributed by atoms with Crippen LogP contribution in [0.1, 0.15) is 32.6 Å². The van der Waals surface area contributed by atoms with Crippen LogP contribution in [0.15, 0.2) is 0 Å². The Bertz CT molecular complexity index is 257. The molecule has 2 heteroatoms. The zero-order valence-electron chi connectivity index (χ0n) is 10.8. The summed E-state index contributed by atoms with van der Waals surface area (Å²) in [4.78, 5) is 2.61. The molecule has 0 amide bonds. The van der Waals surface area contributed by atoms with Crippen molar-refractivity contribution >= 4 is 0 Å². The minimum absolute atomic E-state index is 0.772. The molecule has 0 aromatic carbocycles. The summed E-state index contributed by atoms with van der Waals surface area (Å²) in [5, 5.41) is 3.49. The summed E-state index contributed by atoms with van der Waals surface area (Å²) >= 11 is 0. The summed E-state index contributed by atoms with van der Waals surface area (Å²) in [6, 6.07) is 0. The Morgan fingerprint density at radius 1 is 1.25 bits per heavy atom. The molecule has 3 fully saturated rings. The third-order valence-corrected chi connectivity index (χ3v) is 5.31. The minimum atomic E-state index is 0.772. The second kappa shape index (κ2) is 3.99. The Labute approximate surface area is 99.8 Å². The van der Waals surface area contributed by atoms with Crippen LogP contribution in [0.5, 0.6) is 0 Å². The number of nitrogens with zero attached hydrogens (tertiary/aromatic N) is 1. The molecule has 1 N–H and O–H groups in total. The van der Waals surface area contributed by atoms with E-state index in [0.29, 0.717) is 0 Å². The van der Waals surface area contributed by atoms with Gasteiger partial charge in [-0.3, -0.25) is 0 Å². The zero-order chi connectivity index (χ0) is 11.2. The molecule has 3 rings (SSSR count). The molecule has 1 saturated heterocycles. The molecule has 16 heavy (non-hydrogen) atoms. The molecular formula is C14H26N2. The average molecular weight is 222 g/mol. The van der Waals surface area contributed by atoms with Crippen LogP contribution in [0.25, 0.3) is 0 Å². The molecular weight excluding hydrogens is 196 g/mol. The number of nitrogens with one attached hydrogen (secondary N) is 1. The smallest absolute Gasteiger partial charge is 0.00123 e. The maximum atomic E-state index is 3.49. The van der Waals surface area contributed by atoms with Gasteiger partial charge < -0.3 is 10.2 Å². The Morgan fingerprint density at radius 2 is 1.94 bits per heavy atom. The highest BCUT2D eigenvalue weighted by molar-refractivity contribution is 5.05. The third-order valence-electron chi connectivity index (χ3n) is 5.31. The van der Waals surface area contributed by atoms with Crippen LogP contribution in [0.3, 0.4) is 0 Å². The Kier molecular flexibility index (Phi) is 2.75. The van der Waals surface area contributed by atoms with Crippen molar-refractivity contribution in [2.75, 3.05) is 33.2 Å². The highest BCUT2D eigenvalue weighted by atomic mass is 15.1. The molecule has 2 saturated carbocycles. The SMILES string of the molecule is CC1CC1CN(C)CC1CC12CCNCC2. The van der Waals surface area contributed by atoms with Crippen LogP contribution < -0.4 is 5.32 Å². The van der Waals surface area contributed by atoms with Crippen LogP contribution in [-0.2, 0) is 0 Å². The number of hydrogen-bond acceptors (Lipinski definition) is 2. The van der Waals surface area contributed by atoms with E-state index in [1.165, 1.54) is 51.9 Å². The van der Waals surface area contributed by atoms with E-state index in [1.807, 2.05) is 0 Å². The summed E-state index contributed by atoms with van der Waals surface area (Å²) in [5.74, 6) is 3.05. The highest BCUT2D eigenvalue weighted by Gasteiger charge is 2.53. The van der Waals surface area contributed by atoms with Gasteiger partial charge in [-0.15, -0.1) is 0 Å². The molecule has 3 unspecified atom stereocenters. The van der Waals surface area contributed by atoms with Gasteiger partial charge in [0, 0.05) is 13.1 Å². The second-order valence-electron chi connectivity index (χ2n) is 6.71. The molecule has 0 aromatic rings. The van der Waals surface area contributed by atoms with E-state index < -0.39 is 0 Å². The van der Waals surface area contributed by atoms with Gasteiger partial charge in [-0.2, -0.15) is 0 Å². The van der Waals surface area contributed by atoms with E-state index in [9.17, 15) is 0 Å². The van der Waals surface area contributed by atoms with Crippen molar-refractivity contribution in [3.05, 3.63) is 0 Å². The highest BCUT2D eigenvalue weighted by Crippen LogP contribution is 2.58. The van der Waals surface area contributed by atoms with Gasteiger partial charge in [-0.05, 0) is 69.0 Å². The van der Waals surface area contributed by atoms with Gasteiger partial charge in [0.1, 0.15) is 0 Å². The van der Waals surface area contributed by atoms with Crippen molar-refractivity contribution in [2.24, 2.45) is 23.2 Å². The van der Waals surface area contributed by atoms with Crippen molar-refractivity contribution in [1.82, 2.24) is 10.2 Å². The first-order valence-corrected chi connectivity index (χ1v) is 7.09. The molecule has 3 atom stereocenters. The third kappa shape index (κ3) is 2.14. The van der Waals surface area contributed by atoms with E-state index in [4.69, 9.17) is 0 Å². The first-order chi connectivity index (χ1) is 7.70. The van der Waals surface area contributed by atoms with E-state index in [-0.39, 0.29) is 0 Å². The fourth-order valence-corrected chi connectivity index (χ4v) is 3.73. The maximum absolute atomic E-state index is 3.49.